The number of phenolic OH excluding ortho intramolecular Hbond substituents is 1. The number of hydrogen-bond donors (Lipinski definition) is 3. The van der Waals surface area contributed by atoms with Crippen molar-refractivity contribution in [2.24, 2.45) is 0 Å². The zero-order valence-corrected chi connectivity index (χ0v) is 15.7. The summed E-state index contributed by atoms with van der Waals surface area (Å²) in [6.07, 6.45) is 2.17. The average molecular weight is 390 g/mol. The summed E-state index contributed by atoms with van der Waals surface area (Å²) in [5, 5.41) is 15.9. The van der Waals surface area contributed by atoms with Gasteiger partial charge >= 0.3 is 0 Å². The summed E-state index contributed by atoms with van der Waals surface area (Å²) in [5.41, 5.74) is 0.684. The largest absolute Gasteiger partial charge is 0.506 e. The van der Waals surface area contributed by atoms with E-state index in [1.807, 2.05) is 19.0 Å². The molecule has 142 valence electrons. The van der Waals surface area contributed by atoms with Gasteiger partial charge in [0.2, 0.25) is 0 Å². The lowest BCUT2D eigenvalue weighted by atomic mass is 10.3. The molecule has 2 aromatic heterocycles. The fraction of sp³-hybridized carbons (Fsp3) is 0.294. The number of amides is 1. The number of carbonyl (C=O) groups is 1. The van der Waals surface area contributed by atoms with E-state index in [-0.39, 0.29) is 22.4 Å². The van der Waals surface area contributed by atoms with Gasteiger partial charge in [-0.2, -0.15) is 0 Å². The molecule has 0 fully saturated rings. The van der Waals surface area contributed by atoms with Crippen LogP contribution in [0.2, 0.25) is 0 Å². The number of hydrogen-bond acceptors (Lipinski definition) is 8. The Morgan fingerprint density at radius 3 is 2.89 bits per heavy atom. The molecule has 27 heavy (non-hydrogen) atoms. The molecule has 3 N–H and O–H groups in total. The summed E-state index contributed by atoms with van der Waals surface area (Å²) in [6.45, 7) is 1.42. The molecular weight excluding hydrogens is 371 g/mol. The highest BCUT2D eigenvalue weighted by atomic mass is 32.1. The van der Waals surface area contributed by atoms with Gasteiger partial charge in [-0.3, -0.25) is 4.79 Å². The van der Waals surface area contributed by atoms with Crippen LogP contribution in [-0.4, -0.2) is 58.1 Å². The van der Waals surface area contributed by atoms with Crippen molar-refractivity contribution in [2.45, 2.75) is 6.42 Å². The quantitative estimate of drug-likeness (QED) is 0.420. The van der Waals surface area contributed by atoms with Crippen molar-refractivity contribution in [3.63, 3.8) is 0 Å². The van der Waals surface area contributed by atoms with E-state index in [1.54, 1.807) is 0 Å². The first-order valence-corrected chi connectivity index (χ1v) is 9.05. The average Bonchev–Trinajstić information content (AvgIpc) is 3.06. The van der Waals surface area contributed by atoms with E-state index >= 15 is 0 Å². The molecule has 8 nitrogen and oxygen atoms in total. The number of nitrogens with zero attached hydrogens (tertiary/aromatic N) is 4. The monoisotopic (exact) mass is 390 g/mol. The Hall–Kier alpha value is -2.85. The summed E-state index contributed by atoms with van der Waals surface area (Å²) >= 11 is 1.15. The first-order chi connectivity index (χ1) is 12.9. The number of fused-ring (bicyclic) bond motifs is 1. The van der Waals surface area contributed by atoms with Crippen LogP contribution in [0.3, 0.4) is 0 Å². The van der Waals surface area contributed by atoms with E-state index in [0.717, 1.165) is 30.4 Å². The van der Waals surface area contributed by atoms with Crippen LogP contribution in [0.15, 0.2) is 24.5 Å². The zero-order valence-electron chi connectivity index (χ0n) is 14.9. The predicted molar refractivity (Wildman–Crippen MR) is 102 cm³/mol. The van der Waals surface area contributed by atoms with Crippen molar-refractivity contribution in [1.29, 1.82) is 0 Å². The molecule has 0 atom stereocenters. The third kappa shape index (κ3) is 4.66. The number of phenols is 1. The molecule has 0 aliphatic rings. The summed E-state index contributed by atoms with van der Waals surface area (Å²) in [6, 6.07) is 3.60. The number of aromatic nitrogens is 3. The van der Waals surface area contributed by atoms with Crippen molar-refractivity contribution >= 4 is 39.1 Å². The molecule has 1 aromatic carbocycles. The third-order valence-corrected chi connectivity index (χ3v) is 4.63. The van der Waals surface area contributed by atoms with Gasteiger partial charge in [0.05, 0.1) is 5.69 Å². The lowest BCUT2D eigenvalue weighted by molar-refractivity contribution is 0.0952. The van der Waals surface area contributed by atoms with E-state index in [9.17, 15) is 14.3 Å². The van der Waals surface area contributed by atoms with Crippen molar-refractivity contribution in [1.82, 2.24) is 25.2 Å². The number of rotatable bonds is 7. The highest BCUT2D eigenvalue weighted by molar-refractivity contribution is 7.19. The second-order valence-electron chi connectivity index (χ2n) is 6.09. The predicted octanol–water partition coefficient (Wildman–Crippen LogP) is 2.36. The minimum absolute atomic E-state index is 0.254. The molecular formula is C17H19FN6O2S. The second kappa shape index (κ2) is 8.23. The van der Waals surface area contributed by atoms with Crippen LogP contribution in [0.5, 0.6) is 5.75 Å². The molecule has 0 unspecified atom stereocenters. The SMILES string of the molecule is CN(C)CCCNC(=O)c1nc2c(Nc3ccc(F)cc3O)ncnc2s1. The maximum absolute atomic E-state index is 13.1. The molecule has 0 aliphatic carbocycles. The minimum Gasteiger partial charge on any atom is -0.506 e. The summed E-state index contributed by atoms with van der Waals surface area (Å²) < 4.78 is 13.1. The Labute approximate surface area is 159 Å². The smallest absolute Gasteiger partial charge is 0.280 e. The van der Waals surface area contributed by atoms with Crippen molar-refractivity contribution in [3.8, 4) is 5.75 Å². The molecule has 0 saturated carbocycles. The molecule has 0 bridgehead atoms. The molecule has 0 spiro atoms. The number of anilines is 2. The van der Waals surface area contributed by atoms with Gasteiger partial charge in [0.1, 0.15) is 28.2 Å². The van der Waals surface area contributed by atoms with Gasteiger partial charge < -0.3 is 20.6 Å². The van der Waals surface area contributed by atoms with Crippen molar-refractivity contribution in [3.05, 3.63) is 35.4 Å². The number of aromatic hydroxyl groups is 1. The summed E-state index contributed by atoms with van der Waals surface area (Å²) in [4.78, 5) is 27.4. The molecule has 2 heterocycles. The molecule has 0 radical (unpaired) electrons. The first kappa shape index (κ1) is 18.9. The number of carbonyl (C=O) groups excluding carboxylic acids is 1. The molecule has 3 rings (SSSR count). The zero-order chi connectivity index (χ0) is 19.4. The normalized spacial score (nSPS) is 11.1. The maximum Gasteiger partial charge on any atom is 0.280 e. The number of nitrogens with one attached hydrogen (secondary N) is 2. The van der Waals surface area contributed by atoms with E-state index < -0.39 is 5.82 Å². The van der Waals surface area contributed by atoms with Crippen LogP contribution < -0.4 is 10.6 Å². The second-order valence-corrected chi connectivity index (χ2v) is 7.07. The van der Waals surface area contributed by atoms with Crippen LogP contribution in [-0.2, 0) is 0 Å². The Balaban J connectivity index is 1.77. The Morgan fingerprint density at radius 1 is 1.33 bits per heavy atom. The van der Waals surface area contributed by atoms with Crippen LogP contribution in [0.4, 0.5) is 15.9 Å². The molecule has 3 aromatic rings. The third-order valence-electron chi connectivity index (χ3n) is 3.67. The Kier molecular flexibility index (Phi) is 5.77. The van der Waals surface area contributed by atoms with E-state index in [2.05, 4.69) is 25.6 Å². The van der Waals surface area contributed by atoms with E-state index in [0.29, 0.717) is 22.7 Å². The Bertz CT molecular complexity index is 962. The number of thiazole rings is 1. The van der Waals surface area contributed by atoms with Crippen molar-refractivity contribution < 1.29 is 14.3 Å². The maximum atomic E-state index is 13.1. The van der Waals surface area contributed by atoms with Gasteiger partial charge in [0.15, 0.2) is 10.8 Å². The summed E-state index contributed by atoms with van der Waals surface area (Å²) in [5.74, 6) is -0.749. The van der Waals surface area contributed by atoms with E-state index in [1.165, 1.54) is 18.5 Å². The van der Waals surface area contributed by atoms with Gasteiger partial charge in [0, 0.05) is 12.6 Å². The van der Waals surface area contributed by atoms with Crippen LogP contribution in [0.1, 0.15) is 16.2 Å². The van der Waals surface area contributed by atoms with Crippen LogP contribution in [0, 0.1) is 5.82 Å². The highest BCUT2D eigenvalue weighted by Crippen LogP contribution is 2.30. The van der Waals surface area contributed by atoms with Gasteiger partial charge in [-0.05, 0) is 39.2 Å². The Morgan fingerprint density at radius 2 is 2.15 bits per heavy atom. The van der Waals surface area contributed by atoms with Crippen LogP contribution >= 0.6 is 11.3 Å². The van der Waals surface area contributed by atoms with Crippen molar-refractivity contribution in [2.75, 3.05) is 32.5 Å². The van der Waals surface area contributed by atoms with Gasteiger partial charge in [-0.1, -0.05) is 11.3 Å². The molecule has 0 aliphatic heterocycles. The fourth-order valence-corrected chi connectivity index (χ4v) is 3.18. The number of halogens is 1. The molecule has 1 amide bonds. The summed E-state index contributed by atoms with van der Waals surface area (Å²) in [7, 11) is 3.95. The molecule has 10 heteroatoms. The van der Waals surface area contributed by atoms with Gasteiger partial charge in [-0.15, -0.1) is 0 Å². The van der Waals surface area contributed by atoms with Crippen LogP contribution in [0.25, 0.3) is 10.3 Å². The fourth-order valence-electron chi connectivity index (χ4n) is 2.35. The lowest BCUT2D eigenvalue weighted by Crippen LogP contribution is -2.26. The van der Waals surface area contributed by atoms with Gasteiger partial charge in [-0.25, -0.2) is 19.3 Å². The van der Waals surface area contributed by atoms with Gasteiger partial charge in [0.25, 0.3) is 5.91 Å². The first-order valence-electron chi connectivity index (χ1n) is 8.24. The lowest BCUT2D eigenvalue weighted by Gasteiger charge is -2.09. The molecule has 0 saturated heterocycles. The number of benzene rings is 1. The standard InChI is InChI=1S/C17H19FN6O2S/c1-24(2)7-3-6-19-15(26)17-23-13-14(20-9-21-16(13)27-17)22-11-5-4-10(18)8-12(11)25/h4-5,8-9,25H,3,6-7H2,1-2H3,(H,19,26)(H,20,21,22). The minimum atomic E-state index is -0.548. The van der Waals surface area contributed by atoms with E-state index in [4.69, 9.17) is 0 Å². The highest BCUT2D eigenvalue weighted by Gasteiger charge is 2.16. The topological polar surface area (TPSA) is 103 Å².